The fourth-order valence-electron chi connectivity index (χ4n) is 5.52. The SMILES string of the molecule is COC(=O)N[C@@H]1C(=O)N2C[C@H](C(F)(F)F)C[C@H]2C(=O)N[C@H](C#N)CC2C[C@H](NC2=O)C(F)(F)CCCC1(C)C. The van der Waals surface area contributed by atoms with Crippen LogP contribution in [0.2, 0.25) is 0 Å². The number of carbonyl (C=O) groups is 4. The van der Waals surface area contributed by atoms with Gasteiger partial charge in [-0.25, -0.2) is 13.6 Å². The lowest BCUT2D eigenvalue weighted by atomic mass is 9.78. The first-order chi connectivity index (χ1) is 18.0. The first kappa shape index (κ1) is 30.4. The average Bonchev–Trinajstić information content (AvgIpc) is 3.45. The number of ether oxygens (including phenoxy) is 1. The van der Waals surface area contributed by atoms with Crippen molar-refractivity contribution in [1.82, 2.24) is 20.9 Å². The Morgan fingerprint density at radius 3 is 2.36 bits per heavy atom. The second-order valence-electron chi connectivity index (χ2n) is 11.1. The number of nitrogens with one attached hydrogen (secondary N) is 3. The normalized spacial score (nSPS) is 33.4. The Morgan fingerprint density at radius 1 is 1.10 bits per heavy atom. The second kappa shape index (κ2) is 11.1. The molecule has 4 amide bonds. The highest BCUT2D eigenvalue weighted by Crippen LogP contribution is 2.40. The Hall–Kier alpha value is -3.18. The zero-order valence-corrected chi connectivity index (χ0v) is 21.7. The van der Waals surface area contributed by atoms with Gasteiger partial charge in [-0.3, -0.25) is 14.4 Å². The quantitative estimate of drug-likeness (QED) is 0.417. The zero-order valence-electron chi connectivity index (χ0n) is 21.7. The van der Waals surface area contributed by atoms with E-state index in [1.807, 2.05) is 0 Å². The number of amides is 4. The Bertz CT molecular complexity index is 1030. The van der Waals surface area contributed by atoms with Gasteiger partial charge in [-0.2, -0.15) is 18.4 Å². The molecular weight excluding hydrogens is 533 g/mol. The Kier molecular flexibility index (Phi) is 8.66. The molecule has 6 atom stereocenters. The summed E-state index contributed by atoms with van der Waals surface area (Å²) in [5.74, 6) is -9.19. The van der Waals surface area contributed by atoms with E-state index in [9.17, 15) is 37.6 Å². The molecule has 3 heterocycles. The topological polar surface area (TPSA) is 141 Å². The van der Waals surface area contributed by atoms with Crippen LogP contribution in [0.15, 0.2) is 0 Å². The Balaban J connectivity index is 2.03. The van der Waals surface area contributed by atoms with Gasteiger partial charge in [0.1, 0.15) is 18.1 Å². The summed E-state index contributed by atoms with van der Waals surface area (Å²) in [5, 5.41) is 16.4. The maximum atomic E-state index is 15.0. The Labute approximate surface area is 222 Å². The molecule has 0 aromatic rings. The molecule has 3 saturated heterocycles. The molecule has 0 aliphatic carbocycles. The van der Waals surface area contributed by atoms with Gasteiger partial charge in [0.05, 0.1) is 25.1 Å². The van der Waals surface area contributed by atoms with Crippen LogP contribution < -0.4 is 16.0 Å². The van der Waals surface area contributed by atoms with Gasteiger partial charge in [0.15, 0.2) is 0 Å². The van der Waals surface area contributed by atoms with Crippen LogP contribution in [0.4, 0.5) is 26.7 Å². The van der Waals surface area contributed by atoms with Crippen LogP contribution in [0.25, 0.3) is 0 Å². The van der Waals surface area contributed by atoms with E-state index in [1.165, 1.54) is 13.8 Å². The third-order valence-electron chi connectivity index (χ3n) is 7.87. The lowest BCUT2D eigenvalue weighted by molar-refractivity contribution is -0.171. The zero-order chi connectivity index (χ0) is 29.3. The molecule has 15 heteroatoms. The van der Waals surface area contributed by atoms with Gasteiger partial charge >= 0.3 is 12.3 Å². The number of nitrogens with zero attached hydrogens (tertiary/aromatic N) is 2. The minimum Gasteiger partial charge on any atom is -0.453 e. The van der Waals surface area contributed by atoms with Crippen molar-refractivity contribution in [3.63, 3.8) is 0 Å². The fourth-order valence-corrected chi connectivity index (χ4v) is 5.52. The standard InChI is InChI=1S/C24H32F5N5O5/c1-22(2)5-4-6-23(25,26)16-8-12(18(35)32-16)7-14(10-30)31-19(36)15-9-13(24(27,28)29)11-34(15)20(37)17(22)33-21(38)39-3/h12-17H,4-9,11H2,1-3H3,(H,31,36)(H,32,35)(H,33,38)/t12?,13-,14+,15+,16+,17-/m1/s1. The van der Waals surface area contributed by atoms with Crippen molar-refractivity contribution in [2.75, 3.05) is 13.7 Å². The molecule has 0 aromatic heterocycles. The number of halogens is 5. The number of hydrogen-bond donors (Lipinski definition) is 3. The average molecular weight is 566 g/mol. The highest BCUT2D eigenvalue weighted by Gasteiger charge is 2.54. The Morgan fingerprint density at radius 2 is 1.77 bits per heavy atom. The minimum absolute atomic E-state index is 0.0585. The van der Waals surface area contributed by atoms with Crippen LogP contribution in [0, 0.1) is 28.6 Å². The summed E-state index contributed by atoms with van der Waals surface area (Å²) in [6.07, 6.45) is -8.10. The van der Waals surface area contributed by atoms with Crippen LogP contribution in [-0.4, -0.2) is 78.6 Å². The molecule has 218 valence electrons. The number of alkyl carbamates (subject to hydrolysis) is 1. The summed E-state index contributed by atoms with van der Waals surface area (Å²) in [7, 11) is 1.01. The van der Waals surface area contributed by atoms with Gasteiger partial charge in [-0.15, -0.1) is 0 Å². The van der Waals surface area contributed by atoms with E-state index in [2.05, 4.69) is 20.7 Å². The maximum absolute atomic E-state index is 15.0. The maximum Gasteiger partial charge on any atom is 0.407 e. The summed E-state index contributed by atoms with van der Waals surface area (Å²) >= 11 is 0. The molecule has 3 rings (SSSR count). The molecule has 3 aliphatic rings. The molecule has 0 radical (unpaired) electrons. The lowest BCUT2D eigenvalue weighted by Crippen LogP contribution is -2.59. The van der Waals surface area contributed by atoms with E-state index in [1.54, 1.807) is 6.07 Å². The summed E-state index contributed by atoms with van der Waals surface area (Å²) in [6, 6.07) is -4.28. The smallest absolute Gasteiger partial charge is 0.407 e. The van der Waals surface area contributed by atoms with Crippen molar-refractivity contribution in [2.45, 2.75) is 88.6 Å². The number of carbonyl (C=O) groups excluding carboxylic acids is 4. The first-order valence-corrected chi connectivity index (χ1v) is 12.6. The largest absolute Gasteiger partial charge is 0.453 e. The first-order valence-electron chi connectivity index (χ1n) is 12.6. The molecule has 3 fully saturated rings. The molecule has 2 bridgehead atoms. The second-order valence-corrected chi connectivity index (χ2v) is 11.1. The monoisotopic (exact) mass is 565 g/mol. The van der Waals surface area contributed by atoms with Gasteiger partial charge in [-0.1, -0.05) is 13.8 Å². The van der Waals surface area contributed by atoms with Gasteiger partial charge < -0.3 is 25.6 Å². The molecule has 3 N–H and O–H groups in total. The van der Waals surface area contributed by atoms with Crippen LogP contribution in [-0.2, 0) is 19.1 Å². The van der Waals surface area contributed by atoms with E-state index in [0.717, 1.165) is 7.11 Å². The number of nitriles is 1. The molecular formula is C24H32F5N5O5. The van der Waals surface area contributed by atoms with Crippen molar-refractivity contribution in [3.05, 3.63) is 0 Å². The predicted molar refractivity (Wildman–Crippen MR) is 124 cm³/mol. The highest BCUT2D eigenvalue weighted by atomic mass is 19.4. The molecule has 0 spiro atoms. The number of fused-ring (bicyclic) bond motifs is 3. The van der Waals surface area contributed by atoms with Gasteiger partial charge in [-0.05, 0) is 37.5 Å². The number of methoxy groups -OCH3 is 1. The van der Waals surface area contributed by atoms with E-state index in [-0.39, 0.29) is 25.7 Å². The molecule has 0 saturated carbocycles. The molecule has 10 nitrogen and oxygen atoms in total. The van der Waals surface area contributed by atoms with Crippen LogP contribution in [0.1, 0.15) is 52.4 Å². The van der Waals surface area contributed by atoms with Crippen LogP contribution >= 0.6 is 0 Å². The number of rotatable bonds is 1. The van der Waals surface area contributed by atoms with E-state index < -0.39 is 96.7 Å². The molecule has 0 aromatic carbocycles. The van der Waals surface area contributed by atoms with Crippen molar-refractivity contribution in [1.29, 1.82) is 5.26 Å². The van der Waals surface area contributed by atoms with Crippen molar-refractivity contribution >= 4 is 23.8 Å². The van der Waals surface area contributed by atoms with Gasteiger partial charge in [0.25, 0.3) is 5.92 Å². The van der Waals surface area contributed by atoms with E-state index in [4.69, 9.17) is 0 Å². The van der Waals surface area contributed by atoms with Gasteiger partial charge in [0.2, 0.25) is 17.7 Å². The summed E-state index contributed by atoms with van der Waals surface area (Å²) < 4.78 is 75.7. The summed E-state index contributed by atoms with van der Waals surface area (Å²) in [4.78, 5) is 52.0. The number of alkyl halides is 5. The van der Waals surface area contributed by atoms with E-state index >= 15 is 8.78 Å². The van der Waals surface area contributed by atoms with Crippen molar-refractivity contribution in [3.8, 4) is 6.07 Å². The number of hydrogen-bond acceptors (Lipinski definition) is 6. The van der Waals surface area contributed by atoms with Crippen molar-refractivity contribution in [2.24, 2.45) is 17.3 Å². The van der Waals surface area contributed by atoms with Crippen molar-refractivity contribution < 1.29 is 45.9 Å². The fraction of sp³-hybridized carbons (Fsp3) is 0.792. The third-order valence-corrected chi connectivity index (χ3v) is 7.87. The van der Waals surface area contributed by atoms with Crippen LogP contribution in [0.3, 0.4) is 0 Å². The molecule has 3 aliphatic heterocycles. The van der Waals surface area contributed by atoms with E-state index in [0.29, 0.717) is 4.90 Å². The molecule has 39 heavy (non-hydrogen) atoms. The minimum atomic E-state index is -4.75. The van der Waals surface area contributed by atoms with Gasteiger partial charge in [0, 0.05) is 18.9 Å². The molecule has 1 unspecified atom stereocenters. The summed E-state index contributed by atoms with van der Waals surface area (Å²) in [6.45, 7) is 2.09. The highest BCUT2D eigenvalue weighted by molar-refractivity contribution is 5.92. The third kappa shape index (κ3) is 6.70. The predicted octanol–water partition coefficient (Wildman–Crippen LogP) is 2.24. The van der Waals surface area contributed by atoms with Crippen LogP contribution in [0.5, 0.6) is 0 Å². The summed E-state index contributed by atoms with van der Waals surface area (Å²) in [5.41, 5.74) is -1.26. The lowest BCUT2D eigenvalue weighted by Gasteiger charge is -2.38.